The summed E-state index contributed by atoms with van der Waals surface area (Å²) in [7, 11) is 0. The van der Waals surface area contributed by atoms with Crippen LogP contribution in [-0.4, -0.2) is 31.8 Å². The quantitative estimate of drug-likeness (QED) is 0.678. The van der Waals surface area contributed by atoms with E-state index in [1.807, 2.05) is 47.0 Å². The first kappa shape index (κ1) is 14.6. The van der Waals surface area contributed by atoms with Crippen molar-refractivity contribution in [1.29, 1.82) is 0 Å². The van der Waals surface area contributed by atoms with Crippen molar-refractivity contribution in [3.63, 3.8) is 0 Å². The maximum atomic E-state index is 12.7. The van der Waals surface area contributed by atoms with Gasteiger partial charge in [0, 0.05) is 12.6 Å². The van der Waals surface area contributed by atoms with Gasteiger partial charge in [0.15, 0.2) is 0 Å². The SMILES string of the molecule is O=C(NCc1ccccn1)[C@@H]1C[C@H](O)Nc2nc3ccccc3n21. The van der Waals surface area contributed by atoms with Crippen LogP contribution in [0.25, 0.3) is 11.0 Å². The Labute approximate surface area is 138 Å². The largest absolute Gasteiger partial charge is 0.374 e. The number of nitrogens with one attached hydrogen (secondary N) is 2. The number of aliphatic hydroxyl groups is 1. The van der Waals surface area contributed by atoms with Crippen LogP contribution in [0, 0.1) is 0 Å². The van der Waals surface area contributed by atoms with E-state index in [0.717, 1.165) is 16.7 Å². The first-order valence-corrected chi connectivity index (χ1v) is 7.81. The molecule has 1 aliphatic heterocycles. The van der Waals surface area contributed by atoms with Crippen LogP contribution in [0.4, 0.5) is 5.95 Å². The smallest absolute Gasteiger partial charge is 0.243 e. The summed E-state index contributed by atoms with van der Waals surface area (Å²) in [6, 6.07) is 12.7. The van der Waals surface area contributed by atoms with Crippen LogP contribution < -0.4 is 10.6 Å². The number of fused-ring (bicyclic) bond motifs is 3. The molecule has 7 heteroatoms. The van der Waals surface area contributed by atoms with Gasteiger partial charge in [-0.15, -0.1) is 0 Å². The number of rotatable bonds is 3. The number of nitrogens with zero attached hydrogens (tertiary/aromatic N) is 3. The van der Waals surface area contributed by atoms with Crippen LogP contribution in [0.15, 0.2) is 48.7 Å². The summed E-state index contributed by atoms with van der Waals surface area (Å²) in [6.45, 7) is 0.349. The van der Waals surface area contributed by atoms with Gasteiger partial charge in [-0.1, -0.05) is 18.2 Å². The topological polar surface area (TPSA) is 92.1 Å². The molecule has 1 amide bonds. The number of carbonyl (C=O) groups is 1. The average molecular weight is 323 g/mol. The van der Waals surface area contributed by atoms with Gasteiger partial charge in [-0.25, -0.2) is 4.98 Å². The minimum absolute atomic E-state index is 0.161. The fourth-order valence-electron chi connectivity index (χ4n) is 3.01. The van der Waals surface area contributed by atoms with E-state index >= 15 is 0 Å². The van der Waals surface area contributed by atoms with Gasteiger partial charge >= 0.3 is 0 Å². The number of hydrogen-bond acceptors (Lipinski definition) is 5. The molecule has 0 aliphatic carbocycles. The van der Waals surface area contributed by atoms with Gasteiger partial charge in [0.05, 0.1) is 23.3 Å². The Hall–Kier alpha value is -2.93. The summed E-state index contributed by atoms with van der Waals surface area (Å²) in [5.41, 5.74) is 2.44. The van der Waals surface area contributed by atoms with Crippen molar-refractivity contribution in [3.05, 3.63) is 54.4 Å². The van der Waals surface area contributed by atoms with E-state index in [0.29, 0.717) is 12.5 Å². The van der Waals surface area contributed by atoms with Crippen LogP contribution in [-0.2, 0) is 11.3 Å². The minimum Gasteiger partial charge on any atom is -0.374 e. The van der Waals surface area contributed by atoms with Crippen molar-refractivity contribution in [2.24, 2.45) is 0 Å². The van der Waals surface area contributed by atoms with Gasteiger partial charge in [-0.3, -0.25) is 14.3 Å². The number of aromatic nitrogens is 3. The third-order valence-corrected chi connectivity index (χ3v) is 4.12. The molecule has 0 bridgehead atoms. The number of aliphatic hydroxyl groups excluding tert-OH is 1. The summed E-state index contributed by atoms with van der Waals surface area (Å²) >= 11 is 0. The fraction of sp³-hybridized carbons (Fsp3) is 0.235. The Balaban J connectivity index is 1.62. The van der Waals surface area contributed by atoms with Crippen molar-refractivity contribution in [1.82, 2.24) is 19.9 Å². The Kier molecular flexibility index (Phi) is 3.62. The van der Waals surface area contributed by atoms with Gasteiger partial charge in [-0.2, -0.15) is 0 Å². The van der Waals surface area contributed by atoms with Gasteiger partial charge in [0.25, 0.3) is 0 Å². The molecule has 1 aromatic carbocycles. The fourth-order valence-corrected chi connectivity index (χ4v) is 3.01. The Bertz CT molecular complexity index is 877. The molecule has 0 saturated carbocycles. The predicted octanol–water partition coefficient (Wildman–Crippen LogP) is 1.42. The van der Waals surface area contributed by atoms with Gasteiger partial charge < -0.3 is 15.7 Å². The average Bonchev–Trinajstić information content (AvgIpc) is 2.98. The monoisotopic (exact) mass is 323 g/mol. The number of amides is 1. The second kappa shape index (κ2) is 5.93. The molecular weight excluding hydrogens is 306 g/mol. The van der Waals surface area contributed by atoms with Gasteiger partial charge in [0.2, 0.25) is 11.9 Å². The van der Waals surface area contributed by atoms with Crippen molar-refractivity contribution in [3.8, 4) is 0 Å². The third kappa shape index (κ3) is 2.59. The van der Waals surface area contributed by atoms with Crippen molar-refractivity contribution in [2.75, 3.05) is 5.32 Å². The lowest BCUT2D eigenvalue weighted by Crippen LogP contribution is -2.40. The van der Waals surface area contributed by atoms with Crippen LogP contribution in [0.5, 0.6) is 0 Å². The lowest BCUT2D eigenvalue weighted by molar-refractivity contribution is -0.125. The second-order valence-electron chi connectivity index (χ2n) is 5.74. The van der Waals surface area contributed by atoms with Crippen LogP contribution in [0.3, 0.4) is 0 Å². The van der Waals surface area contributed by atoms with Crippen LogP contribution in [0.1, 0.15) is 18.2 Å². The summed E-state index contributed by atoms with van der Waals surface area (Å²) in [4.78, 5) is 21.3. The molecule has 0 unspecified atom stereocenters. The molecule has 0 saturated heterocycles. The van der Waals surface area contributed by atoms with E-state index < -0.39 is 12.3 Å². The van der Waals surface area contributed by atoms with Gasteiger partial charge in [-0.05, 0) is 24.3 Å². The summed E-state index contributed by atoms with van der Waals surface area (Å²) in [5, 5.41) is 15.8. The van der Waals surface area contributed by atoms with E-state index in [1.165, 1.54) is 0 Å². The van der Waals surface area contributed by atoms with Crippen molar-refractivity contribution < 1.29 is 9.90 Å². The maximum absolute atomic E-state index is 12.7. The number of imidazole rings is 1. The molecule has 3 heterocycles. The molecule has 3 N–H and O–H groups in total. The van der Waals surface area contributed by atoms with E-state index in [-0.39, 0.29) is 12.3 Å². The molecule has 24 heavy (non-hydrogen) atoms. The van der Waals surface area contributed by atoms with Crippen LogP contribution in [0.2, 0.25) is 0 Å². The normalized spacial score (nSPS) is 19.5. The molecular formula is C17H17N5O2. The van der Waals surface area contributed by atoms with E-state index in [1.54, 1.807) is 6.20 Å². The van der Waals surface area contributed by atoms with Gasteiger partial charge in [0.1, 0.15) is 12.3 Å². The molecule has 122 valence electrons. The molecule has 1 aliphatic rings. The number of hydrogen-bond donors (Lipinski definition) is 3. The highest BCUT2D eigenvalue weighted by atomic mass is 16.3. The van der Waals surface area contributed by atoms with Crippen molar-refractivity contribution >= 4 is 22.9 Å². The molecule has 3 aromatic rings. The van der Waals surface area contributed by atoms with Crippen molar-refractivity contribution in [2.45, 2.75) is 25.2 Å². The highest BCUT2D eigenvalue weighted by Crippen LogP contribution is 2.31. The van der Waals surface area contributed by atoms with E-state index in [4.69, 9.17) is 0 Å². The van der Waals surface area contributed by atoms with Crippen LogP contribution >= 0.6 is 0 Å². The summed E-state index contributed by atoms with van der Waals surface area (Å²) < 4.78 is 1.84. The number of benzene rings is 1. The number of pyridine rings is 1. The zero-order valence-electron chi connectivity index (χ0n) is 12.9. The highest BCUT2D eigenvalue weighted by molar-refractivity contribution is 5.86. The number of para-hydroxylation sites is 2. The lowest BCUT2D eigenvalue weighted by atomic mass is 10.1. The number of carbonyl (C=O) groups excluding carboxylic acids is 1. The standard InChI is InChI=1S/C17H17N5O2/c23-15-9-14(16(24)19-10-11-5-3-4-8-18-11)22-13-7-2-1-6-12(13)20-17(22)21-15/h1-8,14-15,23H,9-10H2,(H,19,24)(H,20,21)/t14-,15-/m0/s1. The first-order chi connectivity index (χ1) is 11.7. The Morgan fingerprint density at radius 3 is 2.96 bits per heavy atom. The van der Waals surface area contributed by atoms with E-state index in [2.05, 4.69) is 20.6 Å². The summed E-state index contributed by atoms with van der Waals surface area (Å²) in [6.07, 6.45) is 1.17. The van der Waals surface area contributed by atoms with E-state index in [9.17, 15) is 9.90 Å². The highest BCUT2D eigenvalue weighted by Gasteiger charge is 2.32. The second-order valence-corrected chi connectivity index (χ2v) is 5.74. The minimum atomic E-state index is -0.806. The lowest BCUT2D eigenvalue weighted by Gasteiger charge is -2.29. The molecule has 4 rings (SSSR count). The molecule has 0 spiro atoms. The molecule has 2 atom stereocenters. The molecule has 0 radical (unpaired) electrons. The Morgan fingerprint density at radius 1 is 1.29 bits per heavy atom. The molecule has 7 nitrogen and oxygen atoms in total. The zero-order chi connectivity index (χ0) is 16.5. The maximum Gasteiger partial charge on any atom is 0.243 e. The Morgan fingerprint density at radius 2 is 2.12 bits per heavy atom. The third-order valence-electron chi connectivity index (χ3n) is 4.12. The molecule has 0 fully saturated rings. The molecule has 2 aromatic heterocycles. The summed E-state index contributed by atoms with van der Waals surface area (Å²) in [5.74, 6) is 0.346. The number of anilines is 1. The first-order valence-electron chi connectivity index (χ1n) is 7.81. The zero-order valence-corrected chi connectivity index (χ0v) is 12.9. The predicted molar refractivity (Wildman–Crippen MR) is 89.1 cm³/mol.